The summed E-state index contributed by atoms with van der Waals surface area (Å²) < 4.78 is 24.8. The van der Waals surface area contributed by atoms with Crippen molar-refractivity contribution in [3.8, 4) is 16.9 Å². The molecule has 0 saturated heterocycles. The third-order valence-corrected chi connectivity index (χ3v) is 5.40. The summed E-state index contributed by atoms with van der Waals surface area (Å²) in [4.78, 5) is 27.0. The van der Waals surface area contributed by atoms with Gasteiger partial charge in [-0.2, -0.15) is 0 Å². The Kier molecular flexibility index (Phi) is 6.39. The fourth-order valence-corrected chi connectivity index (χ4v) is 3.81. The molecule has 7 heteroatoms. The number of esters is 1. The first kappa shape index (κ1) is 23.1. The number of likely N-dealkylation sites (N-methyl/N-ethyl adjacent to an activating group) is 1. The summed E-state index contributed by atoms with van der Waals surface area (Å²) in [5, 5.41) is 3.26. The van der Waals surface area contributed by atoms with Gasteiger partial charge in [0.1, 0.15) is 23.7 Å². The number of carbonyl (C=O) groups is 2. The zero-order chi connectivity index (χ0) is 23.6. The van der Waals surface area contributed by atoms with E-state index >= 15 is 0 Å². The fraction of sp³-hybridized carbons (Fsp3) is 0.280. The molecule has 1 heterocycles. The second-order valence-electron chi connectivity index (χ2n) is 8.11. The molecule has 1 aliphatic heterocycles. The Morgan fingerprint density at radius 1 is 1.25 bits per heavy atom. The first-order chi connectivity index (χ1) is 15.1. The lowest BCUT2D eigenvalue weighted by atomic mass is 9.92. The van der Waals surface area contributed by atoms with Crippen LogP contribution < -0.4 is 15.0 Å². The standard InChI is InChI=1S/C25H27FN2O4/c1-7-8-15(2)23(29)32-14-19-17(18-10-9-16(26)13-21(18)31-6)11-12-20-22(19)28(5)24(30)25(3,4)27-20/h7-13,27H,1,14H2,2-6H3/b15-8+. The van der Waals surface area contributed by atoms with Crippen LogP contribution in [-0.2, 0) is 20.9 Å². The van der Waals surface area contributed by atoms with E-state index < -0.39 is 17.3 Å². The Hall–Kier alpha value is -3.61. The maximum Gasteiger partial charge on any atom is 0.334 e. The molecule has 0 aliphatic carbocycles. The van der Waals surface area contributed by atoms with E-state index in [1.54, 1.807) is 44.9 Å². The number of hydrogen-bond acceptors (Lipinski definition) is 5. The number of methoxy groups -OCH3 is 1. The Morgan fingerprint density at radius 2 is 1.94 bits per heavy atom. The predicted octanol–water partition coefficient (Wildman–Crippen LogP) is 4.84. The van der Waals surface area contributed by atoms with Crippen LogP contribution >= 0.6 is 0 Å². The second-order valence-corrected chi connectivity index (χ2v) is 8.11. The van der Waals surface area contributed by atoms with Gasteiger partial charge in [-0.25, -0.2) is 9.18 Å². The minimum Gasteiger partial charge on any atom is -0.496 e. The number of fused-ring (bicyclic) bond motifs is 1. The van der Waals surface area contributed by atoms with Gasteiger partial charge in [0.15, 0.2) is 0 Å². The largest absolute Gasteiger partial charge is 0.496 e. The topological polar surface area (TPSA) is 67.9 Å². The van der Waals surface area contributed by atoms with Gasteiger partial charge in [0, 0.05) is 29.8 Å². The van der Waals surface area contributed by atoms with E-state index in [1.807, 2.05) is 12.1 Å². The molecule has 168 valence electrons. The van der Waals surface area contributed by atoms with Crippen molar-refractivity contribution in [2.75, 3.05) is 24.4 Å². The third-order valence-electron chi connectivity index (χ3n) is 5.40. The van der Waals surface area contributed by atoms with Gasteiger partial charge in [-0.05, 0) is 44.5 Å². The molecule has 0 fully saturated rings. The van der Waals surface area contributed by atoms with E-state index in [-0.39, 0.29) is 12.5 Å². The molecule has 0 bridgehead atoms. The zero-order valence-electron chi connectivity index (χ0n) is 18.9. The number of anilines is 2. The first-order valence-electron chi connectivity index (χ1n) is 10.1. The molecule has 2 aromatic carbocycles. The summed E-state index contributed by atoms with van der Waals surface area (Å²) in [7, 11) is 3.14. The van der Waals surface area contributed by atoms with Gasteiger partial charge in [-0.15, -0.1) is 0 Å². The number of ether oxygens (including phenoxy) is 2. The highest BCUT2D eigenvalue weighted by molar-refractivity contribution is 6.08. The molecule has 0 atom stereocenters. The fourth-order valence-electron chi connectivity index (χ4n) is 3.81. The molecule has 1 N–H and O–H groups in total. The molecule has 3 rings (SSSR count). The highest BCUT2D eigenvalue weighted by atomic mass is 19.1. The summed E-state index contributed by atoms with van der Waals surface area (Å²) in [6.07, 6.45) is 3.07. The van der Waals surface area contributed by atoms with Gasteiger partial charge >= 0.3 is 5.97 Å². The summed E-state index contributed by atoms with van der Waals surface area (Å²) in [6, 6.07) is 7.92. The number of nitrogens with one attached hydrogen (secondary N) is 1. The van der Waals surface area contributed by atoms with Crippen LogP contribution in [0.3, 0.4) is 0 Å². The second kappa shape index (κ2) is 8.86. The van der Waals surface area contributed by atoms with E-state index in [0.29, 0.717) is 33.7 Å². The van der Waals surface area contributed by atoms with Crippen molar-refractivity contribution in [2.24, 2.45) is 0 Å². The number of allylic oxidation sites excluding steroid dienone is 2. The van der Waals surface area contributed by atoms with Crippen LogP contribution in [0.25, 0.3) is 11.1 Å². The van der Waals surface area contributed by atoms with Crippen LogP contribution in [0.5, 0.6) is 5.75 Å². The molecule has 32 heavy (non-hydrogen) atoms. The number of benzene rings is 2. The van der Waals surface area contributed by atoms with Crippen molar-refractivity contribution in [3.05, 3.63) is 66.0 Å². The van der Waals surface area contributed by atoms with Gasteiger partial charge in [0.25, 0.3) is 5.91 Å². The van der Waals surface area contributed by atoms with Gasteiger partial charge in [-0.3, -0.25) is 4.79 Å². The van der Waals surface area contributed by atoms with E-state index in [1.165, 1.54) is 25.3 Å². The Morgan fingerprint density at radius 3 is 2.59 bits per heavy atom. The Balaban J connectivity index is 2.18. The number of halogens is 1. The van der Waals surface area contributed by atoms with Crippen LogP contribution in [0.15, 0.2) is 54.6 Å². The SMILES string of the molecule is C=C/C=C(\C)C(=O)OCc1c(-c2ccc(F)cc2OC)ccc2c1N(C)C(=O)C(C)(C)N2. The average molecular weight is 438 g/mol. The minimum atomic E-state index is -0.798. The molecule has 6 nitrogen and oxygen atoms in total. The van der Waals surface area contributed by atoms with E-state index in [2.05, 4.69) is 11.9 Å². The minimum absolute atomic E-state index is 0.0973. The molecule has 0 aromatic heterocycles. The third kappa shape index (κ3) is 4.23. The smallest absolute Gasteiger partial charge is 0.334 e. The van der Waals surface area contributed by atoms with Crippen LogP contribution in [0, 0.1) is 5.82 Å². The number of hydrogen-bond donors (Lipinski definition) is 1. The maximum absolute atomic E-state index is 13.8. The van der Waals surface area contributed by atoms with Crippen molar-refractivity contribution in [3.63, 3.8) is 0 Å². The molecule has 1 aliphatic rings. The molecule has 2 aromatic rings. The van der Waals surface area contributed by atoms with Gasteiger partial charge in [0.2, 0.25) is 0 Å². The number of rotatable bonds is 6. The zero-order valence-corrected chi connectivity index (χ0v) is 18.9. The van der Waals surface area contributed by atoms with Crippen molar-refractivity contribution in [2.45, 2.75) is 32.9 Å². The van der Waals surface area contributed by atoms with Crippen molar-refractivity contribution >= 4 is 23.3 Å². The van der Waals surface area contributed by atoms with Crippen LogP contribution in [0.2, 0.25) is 0 Å². The average Bonchev–Trinajstić information content (AvgIpc) is 2.75. The van der Waals surface area contributed by atoms with Gasteiger partial charge < -0.3 is 19.7 Å². The van der Waals surface area contributed by atoms with Crippen LogP contribution in [-0.4, -0.2) is 31.6 Å². The van der Waals surface area contributed by atoms with E-state index in [0.717, 1.165) is 5.69 Å². The number of nitrogens with zero attached hydrogens (tertiary/aromatic N) is 1. The van der Waals surface area contributed by atoms with Gasteiger partial charge in [-0.1, -0.05) is 24.8 Å². The molecule has 0 saturated carbocycles. The Labute approximate surface area is 187 Å². The van der Waals surface area contributed by atoms with E-state index in [4.69, 9.17) is 9.47 Å². The molecular weight excluding hydrogens is 411 g/mol. The summed E-state index contributed by atoms with van der Waals surface area (Å²) in [5.74, 6) is -0.739. The monoisotopic (exact) mass is 438 g/mol. The van der Waals surface area contributed by atoms with Crippen LogP contribution in [0.1, 0.15) is 26.3 Å². The lowest BCUT2D eigenvalue weighted by Crippen LogP contribution is -2.52. The maximum atomic E-state index is 13.8. The molecule has 0 spiro atoms. The van der Waals surface area contributed by atoms with Gasteiger partial charge in [0.05, 0.1) is 18.5 Å². The van der Waals surface area contributed by atoms with Crippen molar-refractivity contribution in [1.82, 2.24) is 0 Å². The summed E-state index contributed by atoms with van der Waals surface area (Å²) in [6.45, 7) is 8.73. The van der Waals surface area contributed by atoms with Crippen LogP contribution in [0.4, 0.5) is 15.8 Å². The molecule has 0 unspecified atom stereocenters. The highest BCUT2D eigenvalue weighted by Gasteiger charge is 2.38. The summed E-state index contributed by atoms with van der Waals surface area (Å²) >= 11 is 0. The lowest BCUT2D eigenvalue weighted by Gasteiger charge is -2.39. The summed E-state index contributed by atoms with van der Waals surface area (Å²) in [5.41, 5.74) is 2.81. The highest BCUT2D eigenvalue weighted by Crippen LogP contribution is 2.44. The van der Waals surface area contributed by atoms with E-state index in [9.17, 15) is 14.0 Å². The normalized spacial score (nSPS) is 15.0. The molecular formula is C25H27FN2O4. The number of carbonyl (C=O) groups excluding carboxylic acids is 2. The quantitative estimate of drug-likeness (QED) is 0.397. The Bertz CT molecular complexity index is 1120. The molecule has 1 amide bonds. The number of amides is 1. The van der Waals surface area contributed by atoms with Crippen molar-refractivity contribution in [1.29, 1.82) is 0 Å². The predicted molar refractivity (Wildman–Crippen MR) is 123 cm³/mol. The van der Waals surface area contributed by atoms with Crippen molar-refractivity contribution < 1.29 is 23.5 Å². The molecule has 0 radical (unpaired) electrons. The first-order valence-corrected chi connectivity index (χ1v) is 10.1. The lowest BCUT2D eigenvalue weighted by molar-refractivity contribution is -0.140.